The number of halogens is 5. The smallest absolute Gasteiger partial charge is 0.413 e. The number of nitrogens with one attached hydrogen (secondary N) is 1. The Bertz CT molecular complexity index is 425. The van der Waals surface area contributed by atoms with Crippen molar-refractivity contribution < 1.29 is 36.3 Å². The summed E-state index contributed by atoms with van der Waals surface area (Å²) in [5.41, 5.74) is 2.20. The highest BCUT2D eigenvalue weighted by Gasteiger charge is 2.27. The molecule has 0 saturated heterocycles. The van der Waals surface area contributed by atoms with Crippen molar-refractivity contribution in [2.45, 2.75) is 19.3 Å². The van der Waals surface area contributed by atoms with E-state index in [1.165, 1.54) is 25.3 Å². The number of ether oxygens (including phenoxy) is 2. The van der Waals surface area contributed by atoms with Crippen molar-refractivity contribution in [3.05, 3.63) is 23.8 Å². The fourth-order valence-electron chi connectivity index (χ4n) is 1.35. The number of benzene rings is 1. The lowest BCUT2D eigenvalue weighted by Crippen LogP contribution is -2.24. The van der Waals surface area contributed by atoms with Gasteiger partial charge in [-0.05, 0) is 6.07 Å². The van der Waals surface area contributed by atoms with Crippen LogP contribution in [-0.2, 0) is 11.4 Å². The zero-order valence-corrected chi connectivity index (χ0v) is 10.3. The Hall–Kier alpha value is -1.61. The van der Waals surface area contributed by atoms with Gasteiger partial charge >= 0.3 is 12.8 Å². The molecule has 0 spiro atoms. The summed E-state index contributed by atoms with van der Waals surface area (Å²) < 4.78 is 69.2. The second-order valence-electron chi connectivity index (χ2n) is 3.55. The lowest BCUT2D eigenvalue weighted by Gasteiger charge is -2.15. The molecule has 0 radical (unpaired) electrons. The van der Waals surface area contributed by atoms with Gasteiger partial charge in [-0.25, -0.2) is 0 Å². The van der Waals surface area contributed by atoms with Crippen molar-refractivity contribution in [1.29, 1.82) is 0 Å². The predicted octanol–water partition coefficient (Wildman–Crippen LogP) is 2.88. The van der Waals surface area contributed by atoms with Crippen molar-refractivity contribution in [1.82, 2.24) is 5.48 Å². The van der Waals surface area contributed by atoms with E-state index in [1.54, 1.807) is 0 Å². The first kappa shape index (κ1) is 16.4. The molecule has 0 aliphatic carbocycles. The summed E-state index contributed by atoms with van der Waals surface area (Å²) >= 11 is 0. The molecule has 1 aromatic rings. The molecule has 0 unspecified atom stereocenters. The van der Waals surface area contributed by atoms with E-state index in [0.29, 0.717) is 0 Å². The van der Waals surface area contributed by atoms with Crippen LogP contribution in [0.5, 0.6) is 11.5 Å². The van der Waals surface area contributed by atoms with Crippen LogP contribution in [0, 0.1) is 0 Å². The first-order valence-electron chi connectivity index (χ1n) is 5.35. The third-order valence-corrected chi connectivity index (χ3v) is 2.09. The molecule has 0 atom stereocenters. The molecular weight excluding hydrogens is 289 g/mol. The van der Waals surface area contributed by atoms with E-state index in [2.05, 4.69) is 9.57 Å². The van der Waals surface area contributed by atoms with Crippen LogP contribution in [0.25, 0.3) is 0 Å². The molecule has 20 heavy (non-hydrogen) atoms. The van der Waals surface area contributed by atoms with Crippen molar-refractivity contribution in [3.63, 3.8) is 0 Å². The van der Waals surface area contributed by atoms with Crippen molar-refractivity contribution >= 4 is 0 Å². The van der Waals surface area contributed by atoms with Crippen molar-refractivity contribution in [2.24, 2.45) is 0 Å². The lowest BCUT2D eigenvalue weighted by molar-refractivity contribution is -0.190. The van der Waals surface area contributed by atoms with Gasteiger partial charge in [-0.1, -0.05) is 12.1 Å². The van der Waals surface area contributed by atoms with E-state index in [1.807, 2.05) is 5.48 Å². The van der Waals surface area contributed by atoms with E-state index in [4.69, 9.17) is 4.74 Å². The summed E-state index contributed by atoms with van der Waals surface area (Å²) in [6.45, 7) is -4.83. The Morgan fingerprint density at radius 2 is 1.95 bits per heavy atom. The summed E-state index contributed by atoms with van der Waals surface area (Å²) in [5.74, 6) is -0.214. The Morgan fingerprint density at radius 3 is 2.50 bits per heavy atom. The Kier molecular flexibility index (Phi) is 5.96. The molecule has 1 rings (SSSR count). The number of hydrogen-bond acceptors (Lipinski definition) is 4. The van der Waals surface area contributed by atoms with Gasteiger partial charge < -0.3 is 9.47 Å². The van der Waals surface area contributed by atoms with Gasteiger partial charge in [0, 0.05) is 12.1 Å². The van der Waals surface area contributed by atoms with E-state index in [0.717, 1.165) is 0 Å². The molecule has 0 aliphatic heterocycles. The highest BCUT2D eigenvalue weighted by Crippen LogP contribution is 2.32. The molecule has 0 aliphatic rings. The van der Waals surface area contributed by atoms with Crippen LogP contribution in [0.2, 0.25) is 0 Å². The first-order chi connectivity index (χ1) is 9.33. The van der Waals surface area contributed by atoms with Gasteiger partial charge in [-0.3, -0.25) is 4.84 Å². The average molecular weight is 301 g/mol. The quantitative estimate of drug-likeness (QED) is 0.477. The minimum absolute atomic E-state index is 0.0421. The maximum Gasteiger partial charge on any atom is 0.413 e. The molecule has 0 fully saturated rings. The summed E-state index contributed by atoms with van der Waals surface area (Å²) in [6.07, 6.45) is -4.48. The van der Waals surface area contributed by atoms with E-state index in [-0.39, 0.29) is 23.6 Å². The van der Waals surface area contributed by atoms with Crippen LogP contribution in [-0.4, -0.2) is 26.5 Å². The maximum absolute atomic E-state index is 12.3. The predicted molar refractivity (Wildman–Crippen MR) is 58.5 cm³/mol. The molecule has 0 amide bonds. The number of rotatable bonds is 7. The van der Waals surface area contributed by atoms with E-state index >= 15 is 0 Å². The number of hydrogen-bond donors (Lipinski definition) is 1. The molecule has 114 valence electrons. The van der Waals surface area contributed by atoms with Gasteiger partial charge in [0.25, 0.3) is 0 Å². The summed E-state index contributed by atoms with van der Waals surface area (Å²) in [7, 11) is 1.25. The average Bonchev–Trinajstić information content (AvgIpc) is 2.34. The van der Waals surface area contributed by atoms with Crippen molar-refractivity contribution in [3.8, 4) is 11.5 Å². The highest BCUT2D eigenvalue weighted by atomic mass is 19.4. The van der Waals surface area contributed by atoms with Crippen LogP contribution in [0.15, 0.2) is 18.2 Å². The minimum atomic E-state index is -4.48. The molecule has 1 N–H and O–H groups in total. The first-order valence-corrected chi connectivity index (χ1v) is 5.35. The van der Waals surface area contributed by atoms with Gasteiger partial charge in [-0.15, -0.1) is 0 Å². The van der Waals surface area contributed by atoms with E-state index in [9.17, 15) is 22.0 Å². The third-order valence-electron chi connectivity index (χ3n) is 2.09. The fraction of sp³-hybridized carbons (Fsp3) is 0.455. The van der Waals surface area contributed by atoms with Gasteiger partial charge in [0.1, 0.15) is 0 Å². The monoisotopic (exact) mass is 301 g/mol. The summed E-state index contributed by atoms with van der Waals surface area (Å²) in [6, 6.07) is 4.26. The SMILES string of the molecule is COc1cccc(CNOCC(F)(F)F)c1OC(F)F. The van der Waals surface area contributed by atoms with E-state index < -0.39 is 19.4 Å². The summed E-state index contributed by atoms with van der Waals surface area (Å²) in [4.78, 5) is 4.18. The molecule has 0 bridgehead atoms. The molecular formula is C11H12F5NO3. The Morgan fingerprint density at radius 1 is 1.25 bits per heavy atom. The Labute approximate surface area is 111 Å². The van der Waals surface area contributed by atoms with Crippen LogP contribution in [0.4, 0.5) is 22.0 Å². The number of methoxy groups -OCH3 is 1. The van der Waals surface area contributed by atoms with Crippen LogP contribution >= 0.6 is 0 Å². The van der Waals surface area contributed by atoms with Gasteiger partial charge in [0.05, 0.1) is 7.11 Å². The van der Waals surface area contributed by atoms with Crippen LogP contribution in [0.1, 0.15) is 5.56 Å². The second kappa shape index (κ2) is 7.25. The molecule has 0 heterocycles. The standard InChI is InChI=1S/C11H12F5NO3/c1-18-8-4-2-3-7(9(8)20-10(12)13)5-17-19-6-11(14,15)16/h2-4,10,17H,5-6H2,1H3. The van der Waals surface area contributed by atoms with Gasteiger partial charge in [0.2, 0.25) is 0 Å². The Balaban J connectivity index is 2.68. The fourth-order valence-corrected chi connectivity index (χ4v) is 1.35. The highest BCUT2D eigenvalue weighted by molar-refractivity contribution is 5.46. The normalized spacial score (nSPS) is 11.8. The van der Waals surface area contributed by atoms with Crippen molar-refractivity contribution in [2.75, 3.05) is 13.7 Å². The maximum atomic E-state index is 12.3. The molecule has 9 heteroatoms. The number of para-hydroxylation sites is 1. The largest absolute Gasteiger partial charge is 0.493 e. The lowest BCUT2D eigenvalue weighted by atomic mass is 10.2. The zero-order chi connectivity index (χ0) is 15.2. The van der Waals surface area contributed by atoms with Crippen LogP contribution in [0.3, 0.4) is 0 Å². The topological polar surface area (TPSA) is 39.7 Å². The second-order valence-corrected chi connectivity index (χ2v) is 3.55. The third kappa shape index (κ3) is 5.57. The number of alkyl halides is 5. The van der Waals surface area contributed by atoms with Gasteiger partial charge in [-0.2, -0.15) is 27.4 Å². The molecule has 1 aromatic carbocycles. The molecule has 4 nitrogen and oxygen atoms in total. The van der Waals surface area contributed by atoms with Crippen LogP contribution < -0.4 is 15.0 Å². The molecule has 0 saturated carbocycles. The van der Waals surface area contributed by atoms with Gasteiger partial charge in [0.15, 0.2) is 18.1 Å². The molecule has 0 aromatic heterocycles. The minimum Gasteiger partial charge on any atom is -0.493 e. The number of hydroxylamine groups is 1. The summed E-state index contributed by atoms with van der Waals surface area (Å²) in [5, 5.41) is 0. The zero-order valence-electron chi connectivity index (χ0n) is 10.3.